The zero-order chi connectivity index (χ0) is 23.4. The number of halogens is 3. The lowest BCUT2D eigenvalue weighted by atomic mass is 9.43. The lowest BCUT2D eigenvalue weighted by Gasteiger charge is -2.66. The maximum absolute atomic E-state index is 14.1. The molecule has 1 amide bonds. The molecule has 1 spiro atoms. The van der Waals surface area contributed by atoms with E-state index in [4.69, 9.17) is 10.5 Å². The monoisotopic (exact) mass is 450 g/mol. The Kier molecular flexibility index (Phi) is 4.26. The largest absolute Gasteiger partial charge is 0.486 e. The maximum Gasteiger partial charge on any atom is 0.416 e. The summed E-state index contributed by atoms with van der Waals surface area (Å²) in [4.78, 5) is 25.3. The Hall–Kier alpha value is -2.09. The van der Waals surface area contributed by atoms with Crippen LogP contribution in [0.2, 0.25) is 0 Å². The highest BCUT2D eigenvalue weighted by atomic mass is 19.4. The third-order valence-corrected chi connectivity index (χ3v) is 9.16. The van der Waals surface area contributed by atoms with Gasteiger partial charge in [-0.1, -0.05) is 27.7 Å². The summed E-state index contributed by atoms with van der Waals surface area (Å²) in [6, 6.07) is 0.234. The number of alkyl halides is 3. The third kappa shape index (κ3) is 2.50. The molecule has 2 fully saturated rings. The number of carbonyl (C=O) groups excluding carboxylic acids is 2. The summed E-state index contributed by atoms with van der Waals surface area (Å²) < 4.78 is 49.2. The summed E-state index contributed by atoms with van der Waals surface area (Å²) in [5.41, 5.74) is 3.90. The molecule has 0 aromatic heterocycles. The second-order valence-electron chi connectivity index (χ2n) is 11.0. The molecule has 0 saturated heterocycles. The molecular weight excluding hydrogens is 421 g/mol. The Balaban J connectivity index is 1.79. The van der Waals surface area contributed by atoms with Crippen molar-refractivity contribution in [1.82, 2.24) is 5.32 Å². The lowest BCUT2D eigenvalue weighted by molar-refractivity contribution is -0.212. The molecule has 2 aliphatic carbocycles. The van der Waals surface area contributed by atoms with Gasteiger partial charge in [0.1, 0.15) is 11.4 Å². The van der Waals surface area contributed by atoms with Crippen molar-refractivity contribution in [2.45, 2.75) is 77.7 Å². The van der Waals surface area contributed by atoms with Gasteiger partial charge in [-0.15, -0.1) is 0 Å². The lowest BCUT2D eigenvalue weighted by Crippen LogP contribution is -2.73. The van der Waals surface area contributed by atoms with Crippen molar-refractivity contribution in [3.63, 3.8) is 0 Å². The molecule has 5 rings (SSSR count). The SMILES string of the molecule is C[C@H]1CC[C@H]2C(C)(C)C(=O)[C@H](N)C[C@]23Oc2c4c(cc(C(F)(F)F)c2C[C@]13C)C(=O)NC4. The number of hydrogen-bond donors (Lipinski definition) is 2. The van der Waals surface area contributed by atoms with Gasteiger partial charge in [-0.2, -0.15) is 13.2 Å². The Morgan fingerprint density at radius 1 is 1.16 bits per heavy atom. The fourth-order valence-corrected chi connectivity index (χ4v) is 7.21. The molecule has 8 heteroatoms. The van der Waals surface area contributed by atoms with Gasteiger partial charge in [0.25, 0.3) is 5.91 Å². The Labute approximate surface area is 185 Å². The molecule has 5 nitrogen and oxygen atoms in total. The second kappa shape index (κ2) is 6.27. The summed E-state index contributed by atoms with van der Waals surface area (Å²) in [6.07, 6.45) is -2.61. The van der Waals surface area contributed by atoms with Gasteiger partial charge in [0.15, 0.2) is 5.78 Å². The molecule has 5 atom stereocenters. The zero-order valence-corrected chi connectivity index (χ0v) is 18.8. The molecule has 174 valence electrons. The first-order chi connectivity index (χ1) is 14.7. The van der Waals surface area contributed by atoms with Crippen molar-refractivity contribution < 1.29 is 27.5 Å². The van der Waals surface area contributed by atoms with Crippen LogP contribution in [0.3, 0.4) is 0 Å². The number of hydrogen-bond acceptors (Lipinski definition) is 4. The van der Waals surface area contributed by atoms with Crippen LogP contribution in [0.1, 0.15) is 74.0 Å². The summed E-state index contributed by atoms with van der Waals surface area (Å²) in [5.74, 6) is -0.469. The summed E-state index contributed by atoms with van der Waals surface area (Å²) in [5, 5.41) is 2.64. The van der Waals surface area contributed by atoms with Crippen molar-refractivity contribution in [2.24, 2.45) is 28.4 Å². The number of nitrogens with two attached hydrogens (primary N) is 1. The molecule has 2 saturated carbocycles. The van der Waals surface area contributed by atoms with Crippen LogP contribution in [0, 0.1) is 22.7 Å². The Bertz CT molecular complexity index is 1050. The minimum absolute atomic E-state index is 0.0203. The van der Waals surface area contributed by atoms with E-state index in [-0.39, 0.29) is 53.9 Å². The average Bonchev–Trinajstić information content (AvgIpc) is 3.06. The predicted molar refractivity (Wildman–Crippen MR) is 111 cm³/mol. The molecule has 0 radical (unpaired) electrons. The highest BCUT2D eigenvalue weighted by Crippen LogP contribution is 2.66. The smallest absolute Gasteiger partial charge is 0.416 e. The molecule has 0 bridgehead atoms. The molecule has 4 aliphatic rings. The highest BCUT2D eigenvalue weighted by Gasteiger charge is 2.69. The van der Waals surface area contributed by atoms with Crippen molar-refractivity contribution in [2.75, 3.05) is 0 Å². The van der Waals surface area contributed by atoms with Crippen LogP contribution in [0.25, 0.3) is 0 Å². The van der Waals surface area contributed by atoms with Crippen molar-refractivity contribution in [1.29, 1.82) is 0 Å². The molecule has 2 heterocycles. The number of Topliss-reactive ketones (excluding diaryl/α,β-unsaturated/α-hetero) is 1. The van der Waals surface area contributed by atoms with Gasteiger partial charge < -0.3 is 15.8 Å². The number of nitrogens with one attached hydrogen (secondary N) is 1. The van der Waals surface area contributed by atoms with E-state index in [1.54, 1.807) is 0 Å². The van der Waals surface area contributed by atoms with Crippen molar-refractivity contribution >= 4 is 11.7 Å². The van der Waals surface area contributed by atoms with Gasteiger partial charge in [-0.3, -0.25) is 9.59 Å². The Morgan fingerprint density at radius 3 is 2.50 bits per heavy atom. The molecule has 2 aliphatic heterocycles. The molecule has 0 unspecified atom stereocenters. The number of fused-ring (bicyclic) bond motifs is 3. The third-order valence-electron chi connectivity index (χ3n) is 9.16. The minimum atomic E-state index is -4.61. The first-order valence-corrected chi connectivity index (χ1v) is 11.3. The van der Waals surface area contributed by atoms with Gasteiger partial charge in [-0.05, 0) is 31.2 Å². The number of rotatable bonds is 0. The summed E-state index contributed by atoms with van der Waals surface area (Å²) >= 11 is 0. The first-order valence-electron chi connectivity index (χ1n) is 11.3. The quantitative estimate of drug-likeness (QED) is 0.626. The highest BCUT2D eigenvalue weighted by molar-refractivity contribution is 5.99. The van der Waals surface area contributed by atoms with Crippen LogP contribution in [0.15, 0.2) is 6.07 Å². The van der Waals surface area contributed by atoms with Gasteiger partial charge in [0.05, 0.1) is 11.6 Å². The van der Waals surface area contributed by atoms with Crippen LogP contribution < -0.4 is 15.8 Å². The zero-order valence-electron chi connectivity index (χ0n) is 18.8. The van der Waals surface area contributed by atoms with Crippen molar-refractivity contribution in [3.05, 3.63) is 28.3 Å². The summed E-state index contributed by atoms with van der Waals surface area (Å²) in [7, 11) is 0. The Morgan fingerprint density at radius 2 is 1.84 bits per heavy atom. The van der Waals surface area contributed by atoms with E-state index in [1.165, 1.54) is 0 Å². The molecule has 3 N–H and O–H groups in total. The van der Waals surface area contributed by atoms with Crippen LogP contribution in [0.5, 0.6) is 5.75 Å². The predicted octanol–water partition coefficient (Wildman–Crippen LogP) is 4.00. The fraction of sp³-hybridized carbons (Fsp3) is 0.667. The maximum atomic E-state index is 14.1. The van der Waals surface area contributed by atoms with Crippen LogP contribution in [-0.2, 0) is 23.9 Å². The van der Waals surface area contributed by atoms with Crippen LogP contribution in [-0.4, -0.2) is 23.3 Å². The number of ketones is 1. The average molecular weight is 451 g/mol. The van der Waals surface area contributed by atoms with Gasteiger partial charge in [0, 0.05) is 46.4 Å². The fourth-order valence-electron chi connectivity index (χ4n) is 7.21. The van der Waals surface area contributed by atoms with E-state index in [9.17, 15) is 22.8 Å². The first kappa shape index (κ1) is 21.7. The molecule has 1 aromatic rings. The topological polar surface area (TPSA) is 81.4 Å². The normalized spacial score (nSPS) is 37.6. The minimum Gasteiger partial charge on any atom is -0.486 e. The molecule has 1 aromatic carbocycles. The number of carbonyl (C=O) groups is 2. The van der Waals surface area contributed by atoms with E-state index in [0.29, 0.717) is 5.56 Å². The number of benzene rings is 1. The van der Waals surface area contributed by atoms with E-state index in [1.807, 2.05) is 20.8 Å². The second-order valence-corrected chi connectivity index (χ2v) is 11.0. The van der Waals surface area contributed by atoms with E-state index in [0.717, 1.165) is 18.9 Å². The van der Waals surface area contributed by atoms with Gasteiger partial charge in [0.2, 0.25) is 0 Å². The summed E-state index contributed by atoms with van der Waals surface area (Å²) in [6.45, 7) is 7.97. The molecule has 32 heavy (non-hydrogen) atoms. The van der Waals surface area contributed by atoms with Gasteiger partial charge in [-0.25, -0.2) is 0 Å². The number of ether oxygens (including phenoxy) is 1. The van der Waals surface area contributed by atoms with E-state index < -0.39 is 40.1 Å². The van der Waals surface area contributed by atoms with Crippen LogP contribution >= 0.6 is 0 Å². The molecular formula is C24H29F3N2O3. The van der Waals surface area contributed by atoms with Gasteiger partial charge >= 0.3 is 6.18 Å². The standard InChI is InChI=1S/C24H29F3N2O3/c1-11-5-6-17-21(2,3)19(30)16(28)9-23(17)22(11,4)8-13-15(24(25,26)27)7-12-14(18(13)32-23)10-29-20(12)31/h7,11,16-17H,5-6,8-10,28H2,1-4H3,(H,29,31)/t11-,16+,17-,22+,23-/m0/s1. The van der Waals surface area contributed by atoms with Crippen LogP contribution in [0.4, 0.5) is 13.2 Å². The van der Waals surface area contributed by atoms with Crippen molar-refractivity contribution in [3.8, 4) is 5.75 Å². The van der Waals surface area contributed by atoms with E-state index in [2.05, 4.69) is 12.2 Å². The number of amides is 1. The van der Waals surface area contributed by atoms with E-state index >= 15 is 0 Å².